The molecule has 9 heteroatoms. The van der Waals surface area contributed by atoms with Crippen molar-refractivity contribution in [1.82, 2.24) is 14.9 Å². The normalized spacial score (nSPS) is 22.5. The first-order valence-corrected chi connectivity index (χ1v) is 14.0. The van der Waals surface area contributed by atoms with E-state index in [0.717, 1.165) is 32.2 Å². The van der Waals surface area contributed by atoms with Crippen LogP contribution >= 0.6 is 0 Å². The lowest BCUT2D eigenvalue weighted by Gasteiger charge is -2.40. The van der Waals surface area contributed by atoms with Gasteiger partial charge in [0.15, 0.2) is 5.82 Å². The highest BCUT2D eigenvalue weighted by atomic mass is 19.1. The second-order valence-electron chi connectivity index (χ2n) is 11.4. The molecule has 2 aliphatic heterocycles. The van der Waals surface area contributed by atoms with Crippen LogP contribution < -0.4 is 14.4 Å². The van der Waals surface area contributed by atoms with Gasteiger partial charge in [-0.05, 0) is 81.4 Å². The van der Waals surface area contributed by atoms with Crippen molar-refractivity contribution in [3.63, 3.8) is 0 Å². The predicted molar refractivity (Wildman–Crippen MR) is 154 cm³/mol. The number of nitrogens with zero attached hydrogens (tertiary/aromatic N) is 4. The van der Waals surface area contributed by atoms with E-state index in [1.807, 2.05) is 18.9 Å². The monoisotopic (exact) mass is 556 g/mol. The summed E-state index contributed by atoms with van der Waals surface area (Å²) < 4.78 is 44.3. The number of phenols is 1. The molecule has 4 aromatic rings. The van der Waals surface area contributed by atoms with Crippen molar-refractivity contribution in [3.8, 4) is 41.0 Å². The summed E-state index contributed by atoms with van der Waals surface area (Å²) in [7, 11) is 4.01. The number of fused-ring (bicyclic) bond motifs is 2. The first-order valence-electron chi connectivity index (χ1n) is 14.0. The van der Waals surface area contributed by atoms with Crippen LogP contribution in [0.2, 0.25) is 0 Å². The second-order valence-corrected chi connectivity index (χ2v) is 11.4. The van der Waals surface area contributed by atoms with Crippen LogP contribution in [0.5, 0.6) is 17.5 Å². The largest absolute Gasteiger partial charge is 0.508 e. The number of ether oxygens (including phenoxy) is 2. The van der Waals surface area contributed by atoms with Gasteiger partial charge < -0.3 is 19.5 Å². The Kier molecular flexibility index (Phi) is 5.94. The highest BCUT2D eigenvalue weighted by molar-refractivity contribution is 6.05. The van der Waals surface area contributed by atoms with Crippen molar-refractivity contribution in [2.45, 2.75) is 56.9 Å². The maximum absolute atomic E-state index is 16.8. The Balaban J connectivity index is 1.48. The Morgan fingerprint density at radius 3 is 2.63 bits per heavy atom. The van der Waals surface area contributed by atoms with Crippen LogP contribution in [0, 0.1) is 24.0 Å². The zero-order chi connectivity index (χ0) is 28.6. The van der Waals surface area contributed by atoms with Crippen molar-refractivity contribution in [2.75, 3.05) is 25.5 Å². The van der Waals surface area contributed by atoms with E-state index in [-0.39, 0.29) is 58.3 Å². The van der Waals surface area contributed by atoms with Crippen molar-refractivity contribution in [1.29, 1.82) is 0 Å². The topological polar surface area (TPSA) is 71.0 Å². The van der Waals surface area contributed by atoms with Gasteiger partial charge in [0.1, 0.15) is 40.9 Å². The van der Waals surface area contributed by atoms with Crippen molar-refractivity contribution in [2.24, 2.45) is 0 Å². The number of hydrogen-bond acceptors (Lipinski definition) is 7. The SMILES string of the molecule is C#Cc1c(F)ccc2cc(O)cc(-c3cc4c5c(nc(O[C@@H](C)[C@@H]6CCCN6C)nc5c3F)N(C)[C@@H]3CC[C@@H]3O4)c12. The molecular weight excluding hydrogens is 526 g/mol. The lowest BCUT2D eigenvalue weighted by molar-refractivity contribution is 0.0946. The number of rotatable bonds is 4. The number of likely N-dealkylation sites (tertiary alicyclic amines) is 1. The maximum Gasteiger partial charge on any atom is 0.319 e. The average Bonchev–Trinajstić information content (AvgIpc) is 3.34. The third-order valence-corrected chi connectivity index (χ3v) is 9.02. The minimum atomic E-state index is -0.659. The molecule has 4 atom stereocenters. The molecule has 1 N–H and O–H groups in total. The van der Waals surface area contributed by atoms with E-state index in [0.29, 0.717) is 27.7 Å². The molecule has 3 aliphatic rings. The summed E-state index contributed by atoms with van der Waals surface area (Å²) in [4.78, 5) is 13.7. The maximum atomic E-state index is 16.8. The van der Waals surface area contributed by atoms with Gasteiger partial charge in [-0.2, -0.15) is 9.97 Å². The number of anilines is 1. The van der Waals surface area contributed by atoms with Crippen molar-refractivity contribution >= 4 is 27.5 Å². The predicted octanol–water partition coefficient (Wildman–Crippen LogP) is 5.64. The van der Waals surface area contributed by atoms with Gasteiger partial charge in [-0.3, -0.25) is 4.90 Å². The second kappa shape index (κ2) is 9.45. The summed E-state index contributed by atoms with van der Waals surface area (Å²) in [5.41, 5.74) is 0.366. The van der Waals surface area contributed by atoms with Gasteiger partial charge in [0.05, 0.1) is 17.0 Å². The fourth-order valence-electron chi connectivity index (χ4n) is 6.71. The quantitative estimate of drug-likeness (QED) is 0.327. The summed E-state index contributed by atoms with van der Waals surface area (Å²) in [5, 5.41) is 11.8. The molecule has 1 saturated heterocycles. The molecule has 1 aromatic heterocycles. The standard InChI is InChI=1S/C32H30F2N4O3/c1-5-19-22(33)9-8-17-13-18(39)14-20(27(17)19)21-15-26-28-30(29(21)34)35-32(40-16(2)23-7-6-12-37(23)3)36-31(28)38(4)24-10-11-25(24)41-26/h1,8-9,13-16,23-25,39H,6-7,10-12H2,2-4H3/t16-,23-,24+,25-/m0/s1. The summed E-state index contributed by atoms with van der Waals surface area (Å²) in [6, 6.07) is 7.58. The smallest absolute Gasteiger partial charge is 0.319 e. The van der Waals surface area contributed by atoms with Crippen LogP contribution in [0.25, 0.3) is 32.8 Å². The Bertz CT molecular complexity index is 1770. The van der Waals surface area contributed by atoms with Gasteiger partial charge in [-0.25, -0.2) is 8.78 Å². The lowest BCUT2D eigenvalue weighted by atomic mass is 9.88. The summed E-state index contributed by atoms with van der Waals surface area (Å²) in [6.07, 6.45) is 9.23. The van der Waals surface area contributed by atoms with E-state index in [1.54, 1.807) is 6.07 Å². The van der Waals surface area contributed by atoms with Gasteiger partial charge in [-0.15, -0.1) is 6.42 Å². The first kappa shape index (κ1) is 25.8. The van der Waals surface area contributed by atoms with Crippen LogP contribution in [-0.4, -0.2) is 64.9 Å². The van der Waals surface area contributed by atoms with E-state index < -0.39 is 11.6 Å². The van der Waals surface area contributed by atoms with Crippen molar-refractivity contribution in [3.05, 3.63) is 47.5 Å². The molecule has 41 heavy (non-hydrogen) atoms. The molecule has 0 bridgehead atoms. The Morgan fingerprint density at radius 2 is 1.93 bits per heavy atom. The summed E-state index contributed by atoms with van der Waals surface area (Å²) in [5.74, 6) is 2.01. The van der Waals surface area contributed by atoms with Gasteiger partial charge in [0, 0.05) is 24.0 Å². The summed E-state index contributed by atoms with van der Waals surface area (Å²) in [6.45, 7) is 2.98. The van der Waals surface area contributed by atoms with E-state index in [4.69, 9.17) is 20.9 Å². The van der Waals surface area contributed by atoms with E-state index in [9.17, 15) is 9.50 Å². The Hall–Kier alpha value is -4.16. The fraction of sp³-hybridized carbons (Fsp3) is 0.375. The molecule has 2 fully saturated rings. The van der Waals surface area contributed by atoms with Crippen LogP contribution in [0.15, 0.2) is 30.3 Å². The first-order chi connectivity index (χ1) is 19.7. The van der Waals surface area contributed by atoms with Gasteiger partial charge >= 0.3 is 6.01 Å². The molecule has 7 nitrogen and oxygen atoms in total. The molecule has 1 saturated carbocycles. The van der Waals surface area contributed by atoms with Crippen molar-refractivity contribution < 1.29 is 23.4 Å². The molecule has 1 aliphatic carbocycles. The van der Waals surface area contributed by atoms with Crippen LogP contribution in [0.4, 0.5) is 14.6 Å². The summed E-state index contributed by atoms with van der Waals surface area (Å²) >= 11 is 0. The fourth-order valence-corrected chi connectivity index (χ4v) is 6.71. The van der Waals surface area contributed by atoms with E-state index in [1.165, 1.54) is 24.3 Å². The number of phenolic OH excluding ortho intramolecular Hbond substituents is 1. The number of likely N-dealkylation sites (N-methyl/N-ethyl adjacent to an activating group) is 2. The highest BCUT2D eigenvalue weighted by Crippen LogP contribution is 2.47. The highest BCUT2D eigenvalue weighted by Gasteiger charge is 2.41. The molecule has 210 valence electrons. The van der Waals surface area contributed by atoms with Gasteiger partial charge in [-0.1, -0.05) is 12.0 Å². The number of terminal acetylenes is 1. The number of halogens is 2. The molecule has 7 rings (SSSR count). The lowest BCUT2D eigenvalue weighted by Crippen LogP contribution is -2.51. The Labute approximate surface area is 236 Å². The number of benzene rings is 3. The average molecular weight is 557 g/mol. The zero-order valence-electron chi connectivity index (χ0n) is 23.1. The van der Waals surface area contributed by atoms with Crippen LogP contribution in [-0.2, 0) is 0 Å². The molecule has 3 heterocycles. The molecule has 0 spiro atoms. The molecule has 0 amide bonds. The minimum Gasteiger partial charge on any atom is -0.508 e. The molecule has 3 aromatic carbocycles. The Morgan fingerprint density at radius 1 is 1.10 bits per heavy atom. The van der Waals surface area contributed by atoms with E-state index >= 15 is 4.39 Å². The third-order valence-electron chi connectivity index (χ3n) is 9.02. The van der Waals surface area contributed by atoms with E-state index in [2.05, 4.69) is 22.9 Å². The zero-order valence-corrected chi connectivity index (χ0v) is 23.1. The number of aromatic hydroxyl groups is 1. The molecular formula is C32H30F2N4O3. The number of hydrogen-bond donors (Lipinski definition) is 1. The van der Waals surface area contributed by atoms with Gasteiger partial charge in [0.2, 0.25) is 0 Å². The van der Waals surface area contributed by atoms with Gasteiger partial charge in [0.25, 0.3) is 0 Å². The van der Waals surface area contributed by atoms with Crippen LogP contribution in [0.3, 0.4) is 0 Å². The minimum absolute atomic E-state index is 0.00974. The van der Waals surface area contributed by atoms with Crippen LogP contribution in [0.1, 0.15) is 38.2 Å². The number of aromatic nitrogens is 2. The third kappa shape index (κ3) is 3.96. The molecule has 0 unspecified atom stereocenters. The molecule has 0 radical (unpaired) electrons.